The van der Waals surface area contributed by atoms with Crippen LogP contribution in [0, 0.1) is 6.92 Å². The lowest BCUT2D eigenvalue weighted by molar-refractivity contribution is 0.0600. The van der Waals surface area contributed by atoms with Crippen molar-refractivity contribution in [1.82, 2.24) is 0 Å². The van der Waals surface area contributed by atoms with E-state index in [2.05, 4.69) is 4.40 Å². The normalized spacial score (nSPS) is 14.7. The number of carbonyl (C=O) groups excluding carboxylic acids is 1. The summed E-state index contributed by atoms with van der Waals surface area (Å²) in [5.41, 5.74) is 2.54. The fraction of sp³-hybridized carbons (Fsp3) is 0.222. The Balaban J connectivity index is 2.04. The number of hydrogen-bond donors (Lipinski definition) is 0. The van der Waals surface area contributed by atoms with Crippen molar-refractivity contribution in [1.29, 1.82) is 0 Å². The Morgan fingerprint density at radius 1 is 1.15 bits per heavy atom. The van der Waals surface area contributed by atoms with Crippen molar-refractivity contribution in [2.75, 3.05) is 19.1 Å². The average molecular weight is 374 g/mol. The van der Waals surface area contributed by atoms with Crippen LogP contribution >= 0.6 is 0 Å². The minimum Gasteiger partial charge on any atom is -0.496 e. The molecule has 0 saturated heterocycles. The number of nitrogens with zero attached hydrogens (tertiary/aromatic N) is 2. The van der Waals surface area contributed by atoms with E-state index >= 15 is 0 Å². The number of rotatable bonds is 4. The van der Waals surface area contributed by atoms with Crippen LogP contribution in [0.3, 0.4) is 0 Å². The largest absolute Gasteiger partial charge is 0.496 e. The summed E-state index contributed by atoms with van der Waals surface area (Å²) in [6, 6.07) is 10.0. The van der Waals surface area contributed by atoms with E-state index in [1.807, 2.05) is 6.92 Å². The molecule has 26 heavy (non-hydrogen) atoms. The summed E-state index contributed by atoms with van der Waals surface area (Å²) in [4.78, 5) is 13.7. The maximum absolute atomic E-state index is 12.2. The number of methoxy groups -OCH3 is 2. The SMILES string of the molecule is COC(=O)c1ccc(OC)c(CN2C=NS(=O)(=O)c3ccc(C)cc32)c1. The average Bonchev–Trinajstić information content (AvgIpc) is 2.63. The van der Waals surface area contributed by atoms with Crippen LogP contribution in [-0.4, -0.2) is 34.9 Å². The van der Waals surface area contributed by atoms with Crippen molar-refractivity contribution >= 4 is 28.0 Å². The zero-order valence-corrected chi connectivity index (χ0v) is 15.4. The topological polar surface area (TPSA) is 85.3 Å². The van der Waals surface area contributed by atoms with Crippen LogP contribution in [0.5, 0.6) is 5.75 Å². The van der Waals surface area contributed by atoms with E-state index < -0.39 is 16.0 Å². The molecular weight excluding hydrogens is 356 g/mol. The van der Waals surface area contributed by atoms with Crippen LogP contribution in [0.2, 0.25) is 0 Å². The van der Waals surface area contributed by atoms with Crippen molar-refractivity contribution in [2.45, 2.75) is 18.4 Å². The number of esters is 1. The molecule has 0 N–H and O–H groups in total. The minimum atomic E-state index is -3.70. The van der Waals surface area contributed by atoms with E-state index in [0.717, 1.165) is 5.56 Å². The molecule has 0 radical (unpaired) electrons. The molecule has 0 bridgehead atoms. The van der Waals surface area contributed by atoms with Gasteiger partial charge < -0.3 is 14.4 Å². The van der Waals surface area contributed by atoms with E-state index in [-0.39, 0.29) is 11.4 Å². The fourth-order valence-corrected chi connectivity index (χ4v) is 3.80. The molecule has 136 valence electrons. The molecule has 0 unspecified atom stereocenters. The second-order valence-electron chi connectivity index (χ2n) is 5.81. The summed E-state index contributed by atoms with van der Waals surface area (Å²) in [5, 5.41) is 0. The van der Waals surface area contributed by atoms with Crippen molar-refractivity contribution in [3.05, 3.63) is 53.1 Å². The molecule has 0 aromatic heterocycles. The van der Waals surface area contributed by atoms with Gasteiger partial charge in [0.2, 0.25) is 0 Å². The minimum absolute atomic E-state index is 0.147. The van der Waals surface area contributed by atoms with Crippen LogP contribution in [-0.2, 0) is 21.3 Å². The van der Waals surface area contributed by atoms with Gasteiger partial charge in [0, 0.05) is 5.56 Å². The summed E-state index contributed by atoms with van der Waals surface area (Å²) < 4.78 is 38.2. The van der Waals surface area contributed by atoms with Gasteiger partial charge in [-0.25, -0.2) is 4.79 Å². The molecular formula is C18H18N2O5S. The highest BCUT2D eigenvalue weighted by Crippen LogP contribution is 2.33. The van der Waals surface area contributed by atoms with E-state index in [1.54, 1.807) is 41.3 Å². The molecule has 8 heteroatoms. The van der Waals surface area contributed by atoms with Gasteiger partial charge in [-0.3, -0.25) is 0 Å². The number of aryl methyl sites for hydroxylation is 1. The zero-order chi connectivity index (χ0) is 18.9. The Hall–Kier alpha value is -2.87. The summed E-state index contributed by atoms with van der Waals surface area (Å²) in [6.07, 6.45) is 1.28. The predicted molar refractivity (Wildman–Crippen MR) is 97.4 cm³/mol. The second kappa shape index (κ2) is 6.80. The molecule has 0 atom stereocenters. The highest BCUT2D eigenvalue weighted by atomic mass is 32.2. The maximum atomic E-state index is 12.2. The summed E-state index contributed by atoms with van der Waals surface area (Å²) in [5.74, 6) is 0.119. The molecule has 1 heterocycles. The van der Waals surface area contributed by atoms with Crippen LogP contribution in [0.25, 0.3) is 0 Å². The third kappa shape index (κ3) is 3.28. The molecule has 3 rings (SSSR count). The molecule has 2 aromatic carbocycles. The van der Waals surface area contributed by atoms with Gasteiger partial charge in [-0.15, -0.1) is 4.40 Å². The first-order chi connectivity index (χ1) is 12.4. The smallest absolute Gasteiger partial charge is 0.337 e. The molecule has 0 amide bonds. The van der Waals surface area contributed by atoms with Gasteiger partial charge >= 0.3 is 5.97 Å². The maximum Gasteiger partial charge on any atom is 0.337 e. The van der Waals surface area contributed by atoms with Crippen LogP contribution in [0.4, 0.5) is 5.69 Å². The second-order valence-corrected chi connectivity index (χ2v) is 7.41. The fourth-order valence-electron chi connectivity index (χ4n) is 2.76. The number of fused-ring (bicyclic) bond motifs is 1. The Morgan fingerprint density at radius 3 is 2.62 bits per heavy atom. The van der Waals surface area contributed by atoms with Gasteiger partial charge in [-0.05, 0) is 42.8 Å². The highest BCUT2D eigenvalue weighted by Gasteiger charge is 2.26. The van der Waals surface area contributed by atoms with E-state index in [1.165, 1.54) is 20.6 Å². The number of benzene rings is 2. The predicted octanol–water partition coefficient (Wildman–Crippen LogP) is 2.53. The number of carbonyl (C=O) groups is 1. The van der Waals surface area contributed by atoms with Crippen LogP contribution in [0.15, 0.2) is 45.7 Å². The van der Waals surface area contributed by atoms with Gasteiger partial charge in [0.25, 0.3) is 10.0 Å². The van der Waals surface area contributed by atoms with Crippen LogP contribution < -0.4 is 9.64 Å². The van der Waals surface area contributed by atoms with Crippen molar-refractivity contribution < 1.29 is 22.7 Å². The van der Waals surface area contributed by atoms with E-state index in [4.69, 9.17) is 9.47 Å². The zero-order valence-electron chi connectivity index (χ0n) is 14.6. The lowest BCUT2D eigenvalue weighted by Gasteiger charge is -2.26. The third-order valence-electron chi connectivity index (χ3n) is 4.07. The number of hydrogen-bond acceptors (Lipinski definition) is 6. The first-order valence-corrected chi connectivity index (χ1v) is 9.22. The highest BCUT2D eigenvalue weighted by molar-refractivity contribution is 7.90. The van der Waals surface area contributed by atoms with Crippen molar-refractivity contribution in [2.24, 2.45) is 4.40 Å². The first kappa shape index (κ1) is 17.9. The molecule has 7 nitrogen and oxygen atoms in total. The van der Waals surface area contributed by atoms with Crippen LogP contribution in [0.1, 0.15) is 21.5 Å². The molecule has 2 aromatic rings. The molecule has 0 spiro atoms. The quantitative estimate of drug-likeness (QED) is 0.765. The summed E-state index contributed by atoms with van der Waals surface area (Å²) in [7, 11) is -0.859. The summed E-state index contributed by atoms with van der Waals surface area (Å²) in [6.45, 7) is 2.17. The van der Waals surface area contributed by atoms with Gasteiger partial charge in [-0.2, -0.15) is 8.42 Å². The molecule has 1 aliphatic heterocycles. The number of ether oxygens (including phenoxy) is 2. The Kier molecular flexibility index (Phi) is 4.69. The molecule has 0 fully saturated rings. The molecule has 1 aliphatic rings. The van der Waals surface area contributed by atoms with Crippen molar-refractivity contribution in [3.63, 3.8) is 0 Å². The van der Waals surface area contributed by atoms with E-state index in [0.29, 0.717) is 22.6 Å². The lowest BCUT2D eigenvalue weighted by atomic mass is 10.1. The number of anilines is 1. The van der Waals surface area contributed by atoms with Gasteiger partial charge in [0.1, 0.15) is 17.0 Å². The lowest BCUT2D eigenvalue weighted by Crippen LogP contribution is -2.27. The van der Waals surface area contributed by atoms with Gasteiger partial charge in [-0.1, -0.05) is 6.07 Å². The van der Waals surface area contributed by atoms with Gasteiger partial charge in [0.15, 0.2) is 0 Å². The van der Waals surface area contributed by atoms with Gasteiger partial charge in [0.05, 0.1) is 32.0 Å². The molecule has 0 aliphatic carbocycles. The standard InChI is InChI=1S/C18H18N2O5S/c1-12-4-7-17-15(8-12)20(11-19-26(17,22)23)10-14-9-13(18(21)25-3)5-6-16(14)24-2/h4-9,11H,10H2,1-3H3. The van der Waals surface area contributed by atoms with E-state index in [9.17, 15) is 13.2 Å². The Morgan fingerprint density at radius 2 is 1.92 bits per heavy atom. The van der Waals surface area contributed by atoms with Crippen molar-refractivity contribution in [3.8, 4) is 5.75 Å². The monoisotopic (exact) mass is 374 g/mol. The summed E-state index contributed by atoms with van der Waals surface area (Å²) >= 11 is 0. The Bertz CT molecular complexity index is 999. The number of sulfonamides is 1. The third-order valence-corrected chi connectivity index (χ3v) is 5.34. The Labute approximate surface area is 151 Å². The first-order valence-electron chi connectivity index (χ1n) is 7.78. The molecule has 0 saturated carbocycles.